The Balaban J connectivity index is 2.69. The van der Waals surface area contributed by atoms with Gasteiger partial charge in [-0.25, -0.2) is 0 Å². The zero-order valence-corrected chi connectivity index (χ0v) is 11.3. The van der Waals surface area contributed by atoms with Crippen molar-refractivity contribution in [2.75, 3.05) is 27.2 Å². The van der Waals surface area contributed by atoms with Crippen molar-refractivity contribution in [3.63, 3.8) is 0 Å². The molecule has 0 heterocycles. The molecule has 0 spiro atoms. The second kappa shape index (κ2) is 7.30. The molecule has 0 aliphatic heterocycles. The lowest BCUT2D eigenvalue weighted by Crippen LogP contribution is -2.24. The number of benzene rings is 1. The molecule has 0 saturated carbocycles. The lowest BCUT2D eigenvalue weighted by molar-refractivity contribution is 0.407. The number of methoxy groups -OCH3 is 1. The number of hydrogen-bond donors (Lipinski definition) is 2. The molecule has 0 aliphatic carbocycles. The number of hydrogen-bond acceptors (Lipinski definition) is 3. The van der Waals surface area contributed by atoms with Gasteiger partial charge in [0.05, 0.1) is 7.11 Å². The molecular formula is C14H24N2O. The molecule has 0 amide bonds. The van der Waals surface area contributed by atoms with Crippen LogP contribution in [0.25, 0.3) is 0 Å². The Labute approximate surface area is 105 Å². The van der Waals surface area contributed by atoms with Crippen molar-refractivity contribution < 1.29 is 4.74 Å². The van der Waals surface area contributed by atoms with E-state index >= 15 is 0 Å². The van der Waals surface area contributed by atoms with Crippen molar-refractivity contribution in [2.24, 2.45) is 0 Å². The first kappa shape index (κ1) is 14.0. The van der Waals surface area contributed by atoms with Gasteiger partial charge in [-0.1, -0.05) is 26.0 Å². The van der Waals surface area contributed by atoms with Crippen molar-refractivity contribution in [3.8, 4) is 5.75 Å². The summed E-state index contributed by atoms with van der Waals surface area (Å²) in [7, 11) is 3.68. The maximum Gasteiger partial charge on any atom is 0.123 e. The fourth-order valence-corrected chi connectivity index (χ4v) is 1.73. The molecule has 0 bridgehead atoms. The zero-order chi connectivity index (χ0) is 12.7. The third-order valence-electron chi connectivity index (χ3n) is 2.84. The molecule has 0 radical (unpaired) electrons. The normalized spacial score (nSPS) is 10.9. The van der Waals surface area contributed by atoms with Gasteiger partial charge in [-0.15, -0.1) is 0 Å². The minimum atomic E-state index is 0.553. The van der Waals surface area contributed by atoms with Crippen LogP contribution in [0.4, 0.5) is 0 Å². The Hall–Kier alpha value is -1.06. The van der Waals surface area contributed by atoms with E-state index in [1.165, 1.54) is 11.1 Å². The van der Waals surface area contributed by atoms with E-state index in [0.29, 0.717) is 5.92 Å². The fraction of sp³-hybridized carbons (Fsp3) is 0.571. The van der Waals surface area contributed by atoms with Crippen molar-refractivity contribution in [1.29, 1.82) is 0 Å². The van der Waals surface area contributed by atoms with Crippen LogP contribution >= 0.6 is 0 Å². The molecule has 3 nitrogen and oxygen atoms in total. The van der Waals surface area contributed by atoms with Crippen molar-refractivity contribution in [1.82, 2.24) is 10.6 Å². The lowest BCUT2D eigenvalue weighted by Gasteiger charge is -2.13. The van der Waals surface area contributed by atoms with Gasteiger partial charge >= 0.3 is 0 Å². The Morgan fingerprint density at radius 2 is 2.00 bits per heavy atom. The molecule has 3 heteroatoms. The summed E-state index contributed by atoms with van der Waals surface area (Å²) in [6.07, 6.45) is 0. The predicted octanol–water partition coefficient (Wildman–Crippen LogP) is 2.13. The van der Waals surface area contributed by atoms with Gasteiger partial charge in [-0.2, -0.15) is 0 Å². The van der Waals surface area contributed by atoms with Gasteiger partial charge in [0.1, 0.15) is 5.75 Å². The first-order chi connectivity index (χ1) is 8.19. The minimum Gasteiger partial charge on any atom is -0.496 e. The number of nitrogens with one attached hydrogen (secondary N) is 2. The summed E-state index contributed by atoms with van der Waals surface area (Å²) in [5, 5.41) is 6.52. The van der Waals surface area contributed by atoms with Gasteiger partial charge in [0, 0.05) is 25.2 Å². The zero-order valence-electron chi connectivity index (χ0n) is 11.3. The van der Waals surface area contributed by atoms with Crippen LogP contribution in [-0.4, -0.2) is 27.2 Å². The molecule has 0 saturated heterocycles. The highest BCUT2D eigenvalue weighted by Gasteiger charge is 2.06. The highest BCUT2D eigenvalue weighted by Crippen LogP contribution is 2.23. The molecule has 2 N–H and O–H groups in total. The van der Waals surface area contributed by atoms with Crippen LogP contribution in [0.15, 0.2) is 18.2 Å². The maximum atomic E-state index is 5.38. The van der Waals surface area contributed by atoms with E-state index in [1.54, 1.807) is 7.11 Å². The van der Waals surface area contributed by atoms with E-state index in [1.807, 2.05) is 7.05 Å². The van der Waals surface area contributed by atoms with E-state index in [0.717, 1.165) is 25.4 Å². The first-order valence-corrected chi connectivity index (χ1v) is 6.21. The second-order valence-electron chi connectivity index (χ2n) is 4.51. The summed E-state index contributed by atoms with van der Waals surface area (Å²) >= 11 is 0. The monoisotopic (exact) mass is 236 g/mol. The molecular weight excluding hydrogens is 212 g/mol. The maximum absolute atomic E-state index is 5.38. The minimum absolute atomic E-state index is 0.553. The van der Waals surface area contributed by atoms with Crippen LogP contribution in [0.1, 0.15) is 30.9 Å². The molecule has 1 aromatic rings. The van der Waals surface area contributed by atoms with Crippen molar-refractivity contribution in [2.45, 2.75) is 26.3 Å². The number of ether oxygens (including phenoxy) is 1. The van der Waals surface area contributed by atoms with Crippen LogP contribution in [0.5, 0.6) is 5.75 Å². The molecule has 17 heavy (non-hydrogen) atoms. The fourth-order valence-electron chi connectivity index (χ4n) is 1.73. The summed E-state index contributed by atoms with van der Waals surface area (Å²) in [4.78, 5) is 0. The lowest BCUT2D eigenvalue weighted by atomic mass is 10.0. The highest BCUT2D eigenvalue weighted by molar-refractivity contribution is 5.38. The molecule has 0 unspecified atom stereocenters. The molecule has 0 fully saturated rings. The van der Waals surface area contributed by atoms with Gasteiger partial charge < -0.3 is 15.4 Å². The third kappa shape index (κ3) is 4.36. The van der Waals surface area contributed by atoms with Gasteiger partial charge in [0.2, 0.25) is 0 Å². The summed E-state index contributed by atoms with van der Waals surface area (Å²) < 4.78 is 5.38. The SMILES string of the molecule is CNCCNCc1cc(C(C)C)ccc1OC. The average Bonchev–Trinajstić information content (AvgIpc) is 2.34. The Morgan fingerprint density at radius 1 is 1.24 bits per heavy atom. The Morgan fingerprint density at radius 3 is 2.59 bits per heavy atom. The summed E-state index contributed by atoms with van der Waals surface area (Å²) in [6.45, 7) is 7.21. The quantitative estimate of drug-likeness (QED) is 0.712. The van der Waals surface area contributed by atoms with E-state index in [4.69, 9.17) is 4.74 Å². The smallest absolute Gasteiger partial charge is 0.123 e. The summed E-state index contributed by atoms with van der Waals surface area (Å²) in [5.41, 5.74) is 2.59. The van der Waals surface area contributed by atoms with Crippen LogP contribution < -0.4 is 15.4 Å². The molecule has 1 aromatic carbocycles. The predicted molar refractivity (Wildman–Crippen MR) is 72.7 cm³/mol. The largest absolute Gasteiger partial charge is 0.496 e. The van der Waals surface area contributed by atoms with Gasteiger partial charge in [-0.3, -0.25) is 0 Å². The van der Waals surface area contributed by atoms with E-state index in [-0.39, 0.29) is 0 Å². The van der Waals surface area contributed by atoms with Gasteiger partial charge in [-0.05, 0) is 24.6 Å². The number of rotatable bonds is 7. The van der Waals surface area contributed by atoms with Crippen LogP contribution in [0.3, 0.4) is 0 Å². The van der Waals surface area contributed by atoms with E-state index < -0.39 is 0 Å². The number of likely N-dealkylation sites (N-methyl/N-ethyl adjacent to an activating group) is 1. The van der Waals surface area contributed by atoms with Gasteiger partial charge in [0.25, 0.3) is 0 Å². The van der Waals surface area contributed by atoms with Gasteiger partial charge in [0.15, 0.2) is 0 Å². The molecule has 0 atom stereocenters. The summed E-state index contributed by atoms with van der Waals surface area (Å²) in [5.74, 6) is 1.52. The van der Waals surface area contributed by atoms with Crippen molar-refractivity contribution in [3.05, 3.63) is 29.3 Å². The van der Waals surface area contributed by atoms with Crippen LogP contribution in [-0.2, 0) is 6.54 Å². The average molecular weight is 236 g/mol. The topological polar surface area (TPSA) is 33.3 Å². The van der Waals surface area contributed by atoms with E-state index in [9.17, 15) is 0 Å². The Bertz CT molecular complexity index is 337. The first-order valence-electron chi connectivity index (χ1n) is 6.21. The molecule has 96 valence electrons. The van der Waals surface area contributed by atoms with Crippen molar-refractivity contribution >= 4 is 0 Å². The summed E-state index contributed by atoms with van der Waals surface area (Å²) in [6, 6.07) is 6.43. The third-order valence-corrected chi connectivity index (χ3v) is 2.84. The standard InChI is InChI=1S/C14H24N2O/c1-11(2)12-5-6-14(17-4)13(9-12)10-16-8-7-15-3/h5-6,9,11,15-16H,7-8,10H2,1-4H3. The van der Waals surface area contributed by atoms with E-state index in [2.05, 4.69) is 42.7 Å². The molecule has 0 aromatic heterocycles. The van der Waals surface area contributed by atoms with Crippen LogP contribution in [0, 0.1) is 0 Å². The Kier molecular flexibility index (Phi) is 6.01. The molecule has 1 rings (SSSR count). The second-order valence-corrected chi connectivity index (χ2v) is 4.51. The molecule has 0 aliphatic rings. The highest BCUT2D eigenvalue weighted by atomic mass is 16.5. The van der Waals surface area contributed by atoms with Crippen LogP contribution in [0.2, 0.25) is 0 Å².